The number of hydrogen-bond acceptors (Lipinski definition) is 5. The van der Waals surface area contributed by atoms with E-state index >= 15 is 0 Å². The van der Waals surface area contributed by atoms with Crippen molar-refractivity contribution in [1.82, 2.24) is 15.1 Å². The monoisotopic (exact) mass is 335 g/mol. The van der Waals surface area contributed by atoms with Gasteiger partial charge in [0.25, 0.3) is 0 Å². The zero-order chi connectivity index (χ0) is 17.4. The second-order valence-electron chi connectivity index (χ2n) is 5.68. The predicted molar refractivity (Wildman–Crippen MR) is 90.1 cm³/mol. The molecule has 0 spiro atoms. The van der Waals surface area contributed by atoms with Crippen LogP contribution in [0.2, 0.25) is 0 Å². The number of nitrogens with one attached hydrogen (secondary N) is 1. The summed E-state index contributed by atoms with van der Waals surface area (Å²) in [4.78, 5) is 27.3. The number of methoxy groups -OCH3 is 2. The van der Waals surface area contributed by atoms with Gasteiger partial charge >= 0.3 is 6.09 Å². The largest absolute Gasteiger partial charge is 0.497 e. The molecular formula is C17H25N3O4. The van der Waals surface area contributed by atoms with Gasteiger partial charge in [0, 0.05) is 39.3 Å². The predicted octanol–water partition coefficient (Wildman–Crippen LogP) is 0.738. The van der Waals surface area contributed by atoms with Gasteiger partial charge < -0.3 is 19.7 Å². The van der Waals surface area contributed by atoms with E-state index < -0.39 is 0 Å². The third-order valence-electron chi connectivity index (χ3n) is 4.05. The molecule has 0 aliphatic carbocycles. The summed E-state index contributed by atoms with van der Waals surface area (Å²) in [6, 6.07) is 7.51. The standard InChI is InChI=1S/C17H25N3O4/c1-23-15-5-3-4-14(12-15)13-16(21)18-6-7-19-8-10-20(11-9-19)17(22)24-2/h3-5,12H,6-11,13H2,1-2H3,(H,18,21). The topological polar surface area (TPSA) is 71.1 Å². The van der Waals surface area contributed by atoms with Crippen LogP contribution in [0.25, 0.3) is 0 Å². The molecule has 1 aliphatic heterocycles. The van der Waals surface area contributed by atoms with E-state index in [2.05, 4.69) is 10.2 Å². The van der Waals surface area contributed by atoms with Gasteiger partial charge in [0.2, 0.25) is 5.91 Å². The summed E-state index contributed by atoms with van der Waals surface area (Å²) in [5, 5.41) is 2.93. The van der Waals surface area contributed by atoms with Crippen LogP contribution in [0.4, 0.5) is 4.79 Å². The first-order chi connectivity index (χ1) is 11.6. The lowest BCUT2D eigenvalue weighted by molar-refractivity contribution is -0.120. The number of benzene rings is 1. The van der Waals surface area contributed by atoms with Crippen molar-refractivity contribution in [2.75, 3.05) is 53.5 Å². The third kappa shape index (κ3) is 5.42. The van der Waals surface area contributed by atoms with E-state index in [0.29, 0.717) is 26.1 Å². The van der Waals surface area contributed by atoms with Crippen molar-refractivity contribution in [2.24, 2.45) is 0 Å². The fourth-order valence-corrected chi connectivity index (χ4v) is 2.67. The molecule has 0 atom stereocenters. The average molecular weight is 335 g/mol. The van der Waals surface area contributed by atoms with Crippen LogP contribution < -0.4 is 10.1 Å². The molecule has 24 heavy (non-hydrogen) atoms. The molecule has 1 fully saturated rings. The number of amides is 2. The molecule has 1 aromatic rings. The maximum Gasteiger partial charge on any atom is 0.409 e. The van der Waals surface area contributed by atoms with E-state index in [9.17, 15) is 9.59 Å². The Balaban J connectivity index is 1.65. The first kappa shape index (κ1) is 18.1. The van der Waals surface area contributed by atoms with Crippen molar-refractivity contribution in [3.05, 3.63) is 29.8 Å². The van der Waals surface area contributed by atoms with E-state index in [1.807, 2.05) is 24.3 Å². The summed E-state index contributed by atoms with van der Waals surface area (Å²) in [6.45, 7) is 4.27. The van der Waals surface area contributed by atoms with E-state index in [-0.39, 0.29) is 12.0 Å². The molecule has 1 aliphatic rings. The SMILES string of the molecule is COC(=O)N1CCN(CCNC(=O)Cc2cccc(OC)c2)CC1. The Kier molecular flexibility index (Phi) is 6.87. The zero-order valence-electron chi connectivity index (χ0n) is 14.3. The number of rotatable bonds is 6. The van der Waals surface area contributed by atoms with Gasteiger partial charge in [0.15, 0.2) is 0 Å². The molecule has 0 bridgehead atoms. The highest BCUT2D eigenvalue weighted by atomic mass is 16.5. The average Bonchev–Trinajstić information content (AvgIpc) is 2.61. The molecule has 0 unspecified atom stereocenters. The van der Waals surface area contributed by atoms with E-state index in [4.69, 9.17) is 9.47 Å². The molecule has 2 amide bonds. The van der Waals surface area contributed by atoms with Crippen LogP contribution in [-0.4, -0.2) is 75.3 Å². The molecule has 2 rings (SSSR count). The number of carbonyl (C=O) groups excluding carboxylic acids is 2. The maximum absolute atomic E-state index is 12.0. The molecule has 0 radical (unpaired) electrons. The van der Waals surface area contributed by atoms with Crippen molar-refractivity contribution >= 4 is 12.0 Å². The number of nitrogens with zero attached hydrogens (tertiary/aromatic N) is 2. The Bertz CT molecular complexity index is 557. The van der Waals surface area contributed by atoms with E-state index in [1.54, 1.807) is 12.0 Å². The molecular weight excluding hydrogens is 310 g/mol. The summed E-state index contributed by atoms with van der Waals surface area (Å²) < 4.78 is 9.87. The van der Waals surface area contributed by atoms with Crippen molar-refractivity contribution in [1.29, 1.82) is 0 Å². The van der Waals surface area contributed by atoms with E-state index in [1.165, 1.54) is 7.11 Å². The van der Waals surface area contributed by atoms with Gasteiger partial charge in [-0.3, -0.25) is 9.69 Å². The summed E-state index contributed by atoms with van der Waals surface area (Å²) in [7, 11) is 3.01. The molecule has 0 saturated carbocycles. The van der Waals surface area contributed by atoms with Gasteiger partial charge in [-0.15, -0.1) is 0 Å². The van der Waals surface area contributed by atoms with Crippen molar-refractivity contribution in [3.8, 4) is 5.75 Å². The van der Waals surface area contributed by atoms with Crippen LogP contribution in [0.5, 0.6) is 5.75 Å². The molecule has 1 aromatic carbocycles. The minimum atomic E-state index is -0.277. The fraction of sp³-hybridized carbons (Fsp3) is 0.529. The van der Waals surface area contributed by atoms with Crippen LogP contribution in [-0.2, 0) is 16.0 Å². The Labute approximate surface area is 142 Å². The first-order valence-electron chi connectivity index (χ1n) is 8.07. The molecule has 7 nitrogen and oxygen atoms in total. The Morgan fingerprint density at radius 1 is 1.17 bits per heavy atom. The van der Waals surface area contributed by atoms with Gasteiger partial charge in [-0.25, -0.2) is 4.79 Å². The number of carbonyl (C=O) groups is 2. The minimum Gasteiger partial charge on any atom is -0.497 e. The first-order valence-corrected chi connectivity index (χ1v) is 8.07. The lowest BCUT2D eigenvalue weighted by Gasteiger charge is -2.33. The van der Waals surface area contributed by atoms with Crippen LogP contribution in [0.3, 0.4) is 0 Å². The summed E-state index contributed by atoms with van der Waals surface area (Å²) in [5.41, 5.74) is 0.929. The lowest BCUT2D eigenvalue weighted by Crippen LogP contribution is -2.50. The highest BCUT2D eigenvalue weighted by molar-refractivity contribution is 5.78. The molecule has 132 valence electrons. The highest BCUT2D eigenvalue weighted by Gasteiger charge is 2.21. The second kappa shape index (κ2) is 9.12. The van der Waals surface area contributed by atoms with Crippen molar-refractivity contribution in [3.63, 3.8) is 0 Å². The zero-order valence-corrected chi connectivity index (χ0v) is 14.3. The lowest BCUT2D eigenvalue weighted by atomic mass is 10.1. The quantitative estimate of drug-likeness (QED) is 0.830. The number of ether oxygens (including phenoxy) is 2. The summed E-state index contributed by atoms with van der Waals surface area (Å²) in [5.74, 6) is 0.750. The number of hydrogen-bond donors (Lipinski definition) is 1. The second-order valence-corrected chi connectivity index (χ2v) is 5.68. The van der Waals surface area contributed by atoms with Crippen LogP contribution in [0.1, 0.15) is 5.56 Å². The minimum absolute atomic E-state index is 0.00329. The smallest absolute Gasteiger partial charge is 0.409 e. The Morgan fingerprint density at radius 2 is 1.92 bits per heavy atom. The van der Waals surface area contributed by atoms with Crippen molar-refractivity contribution < 1.29 is 19.1 Å². The molecule has 1 heterocycles. The summed E-state index contributed by atoms with van der Waals surface area (Å²) >= 11 is 0. The molecule has 1 saturated heterocycles. The maximum atomic E-state index is 12.0. The number of piperazine rings is 1. The van der Waals surface area contributed by atoms with E-state index in [0.717, 1.165) is 30.9 Å². The Morgan fingerprint density at radius 3 is 2.58 bits per heavy atom. The molecule has 7 heteroatoms. The van der Waals surface area contributed by atoms with Gasteiger partial charge in [-0.05, 0) is 17.7 Å². The van der Waals surface area contributed by atoms with Gasteiger partial charge in [-0.2, -0.15) is 0 Å². The van der Waals surface area contributed by atoms with Gasteiger partial charge in [-0.1, -0.05) is 12.1 Å². The normalized spacial score (nSPS) is 15.0. The van der Waals surface area contributed by atoms with Gasteiger partial charge in [0.05, 0.1) is 20.6 Å². The molecule has 0 aromatic heterocycles. The van der Waals surface area contributed by atoms with Crippen LogP contribution in [0.15, 0.2) is 24.3 Å². The summed E-state index contributed by atoms with van der Waals surface area (Å²) in [6.07, 6.45) is 0.0640. The Hall–Kier alpha value is -2.28. The highest BCUT2D eigenvalue weighted by Crippen LogP contribution is 2.12. The van der Waals surface area contributed by atoms with Gasteiger partial charge in [0.1, 0.15) is 5.75 Å². The fourth-order valence-electron chi connectivity index (χ4n) is 2.67. The van der Waals surface area contributed by atoms with Crippen LogP contribution >= 0.6 is 0 Å². The molecule has 1 N–H and O–H groups in total. The van der Waals surface area contributed by atoms with Crippen molar-refractivity contribution in [2.45, 2.75) is 6.42 Å². The third-order valence-corrected chi connectivity index (χ3v) is 4.05. The van der Waals surface area contributed by atoms with Crippen LogP contribution in [0, 0.1) is 0 Å².